The molecule has 0 atom stereocenters. The van der Waals surface area contributed by atoms with Crippen LogP contribution in [-0.4, -0.2) is 22.1 Å². The summed E-state index contributed by atoms with van der Waals surface area (Å²) in [4.78, 5) is 12.8. The van der Waals surface area contributed by atoms with Gasteiger partial charge < -0.3 is 10.1 Å². The number of hydrogen-bond donors (Lipinski definition) is 1. The van der Waals surface area contributed by atoms with Gasteiger partial charge >= 0.3 is 0 Å². The Morgan fingerprint density at radius 3 is 2.60 bits per heavy atom. The van der Waals surface area contributed by atoms with Gasteiger partial charge in [0.1, 0.15) is 17.1 Å². The number of hydrogen-bond acceptors (Lipinski definition) is 5. The summed E-state index contributed by atoms with van der Waals surface area (Å²) in [6, 6.07) is 11.7. The van der Waals surface area contributed by atoms with Crippen molar-refractivity contribution in [3.8, 4) is 5.75 Å². The fraction of sp³-hybridized carbons (Fsp3) is 0.133. The molecule has 0 bridgehead atoms. The second kappa shape index (κ2) is 5.52. The molecule has 3 rings (SSSR count). The Bertz CT molecular complexity index is 712. The molecule has 2 aromatic heterocycles. The molecule has 0 aliphatic carbocycles. The van der Waals surface area contributed by atoms with Crippen LogP contribution in [0.1, 0.15) is 5.56 Å². The van der Waals surface area contributed by atoms with Crippen LogP contribution < -0.4 is 10.1 Å². The standard InChI is InChI=1S/C15H14N4O/c1-20-12-4-2-11(3-5-12)10-18-14-7-6-13-15(19-14)17-9-8-16-13/h2-9H,10H2,1H3,(H,17,18,19). The molecule has 0 unspecified atom stereocenters. The van der Waals surface area contributed by atoms with Crippen LogP contribution in [0.25, 0.3) is 11.2 Å². The summed E-state index contributed by atoms with van der Waals surface area (Å²) >= 11 is 0. The highest BCUT2D eigenvalue weighted by molar-refractivity contribution is 5.71. The molecular formula is C15H14N4O. The van der Waals surface area contributed by atoms with E-state index >= 15 is 0 Å². The van der Waals surface area contributed by atoms with Gasteiger partial charge in [-0.3, -0.25) is 4.98 Å². The van der Waals surface area contributed by atoms with Gasteiger partial charge in [0.05, 0.1) is 7.11 Å². The number of ether oxygens (including phenoxy) is 1. The normalized spacial score (nSPS) is 10.4. The molecule has 0 fully saturated rings. The van der Waals surface area contributed by atoms with E-state index in [1.54, 1.807) is 19.5 Å². The van der Waals surface area contributed by atoms with Crippen LogP contribution in [0.15, 0.2) is 48.8 Å². The van der Waals surface area contributed by atoms with Crippen molar-refractivity contribution in [1.29, 1.82) is 0 Å². The zero-order valence-electron chi connectivity index (χ0n) is 11.1. The number of fused-ring (bicyclic) bond motifs is 1. The van der Waals surface area contributed by atoms with Crippen LogP contribution in [0.4, 0.5) is 5.82 Å². The largest absolute Gasteiger partial charge is 0.497 e. The molecule has 0 saturated carbocycles. The predicted octanol–water partition coefficient (Wildman–Crippen LogP) is 2.65. The summed E-state index contributed by atoms with van der Waals surface area (Å²) in [6.45, 7) is 0.697. The molecule has 0 aliphatic rings. The third kappa shape index (κ3) is 2.66. The Labute approximate surface area is 116 Å². The summed E-state index contributed by atoms with van der Waals surface area (Å²) < 4.78 is 5.13. The summed E-state index contributed by atoms with van der Waals surface area (Å²) in [6.07, 6.45) is 3.30. The molecule has 0 saturated heterocycles. The fourth-order valence-electron chi connectivity index (χ4n) is 1.89. The van der Waals surface area contributed by atoms with Gasteiger partial charge in [-0.2, -0.15) is 0 Å². The molecule has 20 heavy (non-hydrogen) atoms. The summed E-state index contributed by atoms with van der Waals surface area (Å²) in [5.41, 5.74) is 2.60. The average molecular weight is 266 g/mol. The number of anilines is 1. The minimum absolute atomic E-state index is 0.646. The van der Waals surface area contributed by atoms with E-state index in [1.807, 2.05) is 36.4 Å². The van der Waals surface area contributed by atoms with Gasteiger partial charge in [-0.25, -0.2) is 9.97 Å². The number of nitrogens with zero attached hydrogens (tertiary/aromatic N) is 3. The van der Waals surface area contributed by atoms with Crippen molar-refractivity contribution in [2.75, 3.05) is 12.4 Å². The van der Waals surface area contributed by atoms with Crippen LogP contribution in [0.3, 0.4) is 0 Å². The van der Waals surface area contributed by atoms with Gasteiger partial charge in [0, 0.05) is 18.9 Å². The van der Waals surface area contributed by atoms with Crippen molar-refractivity contribution >= 4 is 17.0 Å². The molecule has 2 heterocycles. The lowest BCUT2D eigenvalue weighted by atomic mass is 10.2. The van der Waals surface area contributed by atoms with E-state index in [1.165, 1.54) is 0 Å². The van der Waals surface area contributed by atoms with Gasteiger partial charge in [-0.05, 0) is 29.8 Å². The zero-order chi connectivity index (χ0) is 13.8. The first-order valence-corrected chi connectivity index (χ1v) is 6.30. The average Bonchev–Trinajstić information content (AvgIpc) is 2.53. The lowest BCUT2D eigenvalue weighted by Gasteiger charge is -2.07. The first kappa shape index (κ1) is 12.3. The number of nitrogens with one attached hydrogen (secondary N) is 1. The maximum atomic E-state index is 5.13. The maximum absolute atomic E-state index is 5.13. The van der Waals surface area contributed by atoms with E-state index in [4.69, 9.17) is 4.74 Å². The van der Waals surface area contributed by atoms with Crippen LogP contribution in [-0.2, 0) is 6.54 Å². The smallest absolute Gasteiger partial charge is 0.180 e. The topological polar surface area (TPSA) is 59.9 Å². The van der Waals surface area contributed by atoms with Crippen molar-refractivity contribution in [1.82, 2.24) is 15.0 Å². The third-order valence-electron chi connectivity index (χ3n) is 2.96. The molecule has 1 aromatic carbocycles. The number of methoxy groups -OCH3 is 1. The Kier molecular flexibility index (Phi) is 3.41. The lowest BCUT2D eigenvalue weighted by molar-refractivity contribution is 0.414. The van der Waals surface area contributed by atoms with Gasteiger partial charge in [0.25, 0.3) is 0 Å². The minimum Gasteiger partial charge on any atom is -0.497 e. The monoisotopic (exact) mass is 266 g/mol. The molecular weight excluding hydrogens is 252 g/mol. The Hall–Kier alpha value is -2.69. The van der Waals surface area contributed by atoms with Crippen molar-refractivity contribution in [3.05, 3.63) is 54.4 Å². The van der Waals surface area contributed by atoms with Crippen molar-refractivity contribution in [3.63, 3.8) is 0 Å². The van der Waals surface area contributed by atoms with Crippen molar-refractivity contribution in [2.45, 2.75) is 6.54 Å². The van der Waals surface area contributed by atoms with E-state index in [2.05, 4.69) is 20.3 Å². The molecule has 5 nitrogen and oxygen atoms in total. The van der Waals surface area contributed by atoms with Crippen LogP contribution in [0.5, 0.6) is 5.75 Å². The van der Waals surface area contributed by atoms with Gasteiger partial charge in [-0.1, -0.05) is 12.1 Å². The molecule has 1 N–H and O–H groups in total. The molecule has 0 spiro atoms. The highest BCUT2D eigenvalue weighted by atomic mass is 16.5. The van der Waals surface area contributed by atoms with E-state index in [-0.39, 0.29) is 0 Å². The van der Waals surface area contributed by atoms with E-state index in [0.29, 0.717) is 12.2 Å². The fourth-order valence-corrected chi connectivity index (χ4v) is 1.89. The highest BCUT2D eigenvalue weighted by Gasteiger charge is 2.00. The lowest BCUT2D eigenvalue weighted by Crippen LogP contribution is -2.02. The summed E-state index contributed by atoms with van der Waals surface area (Å²) in [5.74, 6) is 1.64. The summed E-state index contributed by atoms with van der Waals surface area (Å²) in [7, 11) is 1.66. The van der Waals surface area contributed by atoms with Gasteiger partial charge in [0.2, 0.25) is 0 Å². The first-order chi connectivity index (χ1) is 9.85. The van der Waals surface area contributed by atoms with Crippen LogP contribution in [0, 0.1) is 0 Å². The summed E-state index contributed by atoms with van der Waals surface area (Å²) in [5, 5.41) is 3.27. The molecule has 3 aromatic rings. The van der Waals surface area contributed by atoms with Crippen LogP contribution >= 0.6 is 0 Å². The van der Waals surface area contributed by atoms with Gasteiger partial charge in [-0.15, -0.1) is 0 Å². The third-order valence-corrected chi connectivity index (χ3v) is 2.96. The van der Waals surface area contributed by atoms with E-state index in [9.17, 15) is 0 Å². The number of rotatable bonds is 4. The van der Waals surface area contributed by atoms with Crippen molar-refractivity contribution < 1.29 is 4.74 Å². The molecule has 0 aliphatic heterocycles. The zero-order valence-corrected chi connectivity index (χ0v) is 11.1. The molecule has 0 amide bonds. The number of benzene rings is 1. The quantitative estimate of drug-likeness (QED) is 0.786. The Morgan fingerprint density at radius 1 is 1.00 bits per heavy atom. The maximum Gasteiger partial charge on any atom is 0.180 e. The minimum atomic E-state index is 0.646. The van der Waals surface area contributed by atoms with E-state index in [0.717, 1.165) is 22.6 Å². The second-order valence-electron chi connectivity index (χ2n) is 4.30. The number of pyridine rings is 1. The Morgan fingerprint density at radius 2 is 1.80 bits per heavy atom. The number of aromatic nitrogens is 3. The molecule has 5 heteroatoms. The first-order valence-electron chi connectivity index (χ1n) is 6.30. The molecule has 100 valence electrons. The van der Waals surface area contributed by atoms with E-state index < -0.39 is 0 Å². The predicted molar refractivity (Wildman–Crippen MR) is 77.7 cm³/mol. The van der Waals surface area contributed by atoms with Crippen molar-refractivity contribution in [2.24, 2.45) is 0 Å². The Balaban J connectivity index is 1.72. The SMILES string of the molecule is COc1ccc(CNc2ccc3nccnc3n2)cc1. The molecule has 0 radical (unpaired) electrons. The van der Waals surface area contributed by atoms with Gasteiger partial charge in [0.15, 0.2) is 5.65 Å². The highest BCUT2D eigenvalue weighted by Crippen LogP contribution is 2.14. The van der Waals surface area contributed by atoms with Crippen LogP contribution in [0.2, 0.25) is 0 Å². The second-order valence-corrected chi connectivity index (χ2v) is 4.30.